The van der Waals surface area contributed by atoms with Gasteiger partial charge in [-0.05, 0) is 46.7 Å². The molecule has 2 aromatic carbocycles. The fourth-order valence-electron chi connectivity index (χ4n) is 3.35. The van der Waals surface area contributed by atoms with E-state index in [4.69, 9.17) is 9.94 Å². The zero-order chi connectivity index (χ0) is 20.6. The van der Waals surface area contributed by atoms with Gasteiger partial charge in [0.1, 0.15) is 6.04 Å². The summed E-state index contributed by atoms with van der Waals surface area (Å²) in [4.78, 5) is 23.3. The maximum absolute atomic E-state index is 12.3. The summed E-state index contributed by atoms with van der Waals surface area (Å²) in [6.07, 6.45) is 6.48. The second-order valence-corrected chi connectivity index (χ2v) is 6.80. The van der Waals surface area contributed by atoms with Gasteiger partial charge in [-0.15, -0.1) is 0 Å². The molecule has 1 atom stereocenters. The molecule has 1 aliphatic carbocycles. The van der Waals surface area contributed by atoms with Crippen molar-refractivity contribution in [3.63, 3.8) is 0 Å². The van der Waals surface area contributed by atoms with E-state index >= 15 is 0 Å². The highest BCUT2D eigenvalue weighted by atomic mass is 16.5. The van der Waals surface area contributed by atoms with Crippen molar-refractivity contribution in [2.45, 2.75) is 25.4 Å². The zero-order valence-corrected chi connectivity index (χ0v) is 16.2. The molecule has 0 fully saturated rings. The van der Waals surface area contributed by atoms with E-state index < -0.39 is 11.9 Å². The van der Waals surface area contributed by atoms with Gasteiger partial charge in [0.25, 0.3) is 5.91 Å². The number of carbonyl (C=O) groups is 2. The lowest BCUT2D eigenvalue weighted by Crippen LogP contribution is -2.37. The molecule has 0 aromatic heterocycles. The Morgan fingerprint density at radius 3 is 2.66 bits per heavy atom. The molecule has 6 nitrogen and oxygen atoms in total. The van der Waals surface area contributed by atoms with Gasteiger partial charge in [0, 0.05) is 12.6 Å². The Morgan fingerprint density at radius 2 is 1.93 bits per heavy atom. The third-order valence-electron chi connectivity index (χ3n) is 4.91. The predicted molar refractivity (Wildman–Crippen MR) is 111 cm³/mol. The molecule has 29 heavy (non-hydrogen) atoms. The van der Waals surface area contributed by atoms with Crippen LogP contribution in [0.1, 0.15) is 28.7 Å². The van der Waals surface area contributed by atoms with Gasteiger partial charge in [-0.1, -0.05) is 54.6 Å². The first-order chi connectivity index (χ1) is 14.1. The van der Waals surface area contributed by atoms with Crippen molar-refractivity contribution < 1.29 is 19.5 Å². The lowest BCUT2D eigenvalue weighted by atomic mass is 9.99. The third kappa shape index (κ3) is 5.40. The molecular weight excluding hydrogens is 368 g/mol. The van der Waals surface area contributed by atoms with E-state index in [1.807, 2.05) is 36.4 Å². The number of nitrogens with one attached hydrogen (secondary N) is 2. The van der Waals surface area contributed by atoms with Crippen LogP contribution in [0.2, 0.25) is 0 Å². The number of carbonyl (C=O) groups excluding carboxylic acids is 2. The first-order valence-corrected chi connectivity index (χ1v) is 9.40. The van der Waals surface area contributed by atoms with Gasteiger partial charge in [0.15, 0.2) is 0 Å². The molecule has 0 spiro atoms. The van der Waals surface area contributed by atoms with Gasteiger partial charge in [-0.25, -0.2) is 5.48 Å². The topological polar surface area (TPSA) is 87.7 Å². The number of fused-ring (bicyclic) bond motifs is 1. The standard InChI is InChI=1S/C23H24N2O4/c1-29-23(27)21(14-19-12-11-18-4-2-3-5-20(18)19)24-15-17-8-6-16(7-9-17)10-13-22(26)25-28/h2-10,12-13,21,24,28H,11,14-15H2,1H3,(H,25,26)/b13-10+/t21-/m1/s1. The molecule has 1 amide bonds. The van der Waals surface area contributed by atoms with Gasteiger partial charge in [-0.3, -0.25) is 14.8 Å². The molecule has 3 rings (SSSR count). The Bertz CT molecular complexity index is 932. The average molecular weight is 392 g/mol. The van der Waals surface area contributed by atoms with Crippen LogP contribution < -0.4 is 10.8 Å². The lowest BCUT2D eigenvalue weighted by Gasteiger charge is -2.18. The van der Waals surface area contributed by atoms with E-state index in [0.717, 1.165) is 23.1 Å². The molecular formula is C23H24N2O4. The van der Waals surface area contributed by atoms with Crippen molar-refractivity contribution in [1.29, 1.82) is 0 Å². The number of methoxy groups -OCH3 is 1. The van der Waals surface area contributed by atoms with Crippen LogP contribution in [0.25, 0.3) is 11.6 Å². The van der Waals surface area contributed by atoms with Crippen LogP contribution in [-0.4, -0.2) is 30.2 Å². The molecule has 0 heterocycles. The smallest absolute Gasteiger partial charge is 0.323 e. The Kier molecular flexibility index (Phi) is 6.94. The number of allylic oxidation sites excluding steroid dienone is 1. The Hall–Kier alpha value is -3.22. The summed E-state index contributed by atoms with van der Waals surface area (Å²) in [5, 5.41) is 11.8. The summed E-state index contributed by atoms with van der Waals surface area (Å²) < 4.78 is 4.99. The maximum atomic E-state index is 12.3. The Morgan fingerprint density at radius 1 is 1.17 bits per heavy atom. The van der Waals surface area contributed by atoms with Gasteiger partial charge >= 0.3 is 5.97 Å². The zero-order valence-electron chi connectivity index (χ0n) is 16.2. The van der Waals surface area contributed by atoms with Crippen molar-refractivity contribution in [3.05, 3.63) is 82.9 Å². The quantitative estimate of drug-likeness (QED) is 0.278. The van der Waals surface area contributed by atoms with Gasteiger partial charge < -0.3 is 10.1 Å². The summed E-state index contributed by atoms with van der Waals surface area (Å²) in [6, 6.07) is 15.4. The molecule has 1 aliphatic rings. The number of esters is 1. The number of amides is 1. The molecule has 0 aliphatic heterocycles. The van der Waals surface area contributed by atoms with E-state index in [1.54, 1.807) is 11.6 Å². The van der Waals surface area contributed by atoms with Gasteiger partial charge in [-0.2, -0.15) is 0 Å². The number of hydrogen-bond donors (Lipinski definition) is 3. The Labute approximate surface area is 169 Å². The largest absolute Gasteiger partial charge is 0.468 e. The number of ether oxygens (including phenoxy) is 1. The molecule has 0 saturated carbocycles. The minimum absolute atomic E-state index is 0.287. The highest BCUT2D eigenvalue weighted by Crippen LogP contribution is 2.30. The first kappa shape index (κ1) is 20.5. The van der Waals surface area contributed by atoms with Crippen LogP contribution in [0.3, 0.4) is 0 Å². The van der Waals surface area contributed by atoms with E-state index in [9.17, 15) is 9.59 Å². The van der Waals surface area contributed by atoms with Crippen LogP contribution in [-0.2, 0) is 27.3 Å². The van der Waals surface area contributed by atoms with Crippen molar-refractivity contribution in [3.8, 4) is 0 Å². The third-order valence-corrected chi connectivity index (χ3v) is 4.91. The van der Waals surface area contributed by atoms with E-state index in [1.165, 1.54) is 24.3 Å². The number of hydrogen-bond acceptors (Lipinski definition) is 5. The average Bonchev–Trinajstić information content (AvgIpc) is 3.18. The summed E-state index contributed by atoms with van der Waals surface area (Å²) in [7, 11) is 1.40. The van der Waals surface area contributed by atoms with E-state index in [-0.39, 0.29) is 5.97 Å². The second kappa shape index (κ2) is 9.82. The first-order valence-electron chi connectivity index (χ1n) is 9.40. The molecule has 0 bridgehead atoms. The minimum Gasteiger partial charge on any atom is -0.468 e. The molecule has 150 valence electrons. The van der Waals surface area contributed by atoms with Crippen LogP contribution in [0.15, 0.2) is 60.7 Å². The van der Waals surface area contributed by atoms with Crippen LogP contribution in [0.5, 0.6) is 0 Å². The summed E-state index contributed by atoms with van der Waals surface area (Å²) in [5.41, 5.74) is 7.02. The molecule has 6 heteroatoms. The molecule has 0 unspecified atom stereocenters. The number of rotatable bonds is 8. The molecule has 3 N–H and O–H groups in total. The maximum Gasteiger partial charge on any atom is 0.323 e. The van der Waals surface area contributed by atoms with Crippen LogP contribution in [0.4, 0.5) is 0 Å². The lowest BCUT2D eigenvalue weighted by molar-refractivity contribution is -0.143. The molecule has 2 aromatic rings. The predicted octanol–water partition coefficient (Wildman–Crippen LogP) is 2.87. The highest BCUT2D eigenvalue weighted by Gasteiger charge is 2.23. The van der Waals surface area contributed by atoms with Gasteiger partial charge in [0.05, 0.1) is 7.11 Å². The van der Waals surface area contributed by atoms with E-state index in [2.05, 4.69) is 23.5 Å². The van der Waals surface area contributed by atoms with Crippen molar-refractivity contribution in [2.24, 2.45) is 0 Å². The van der Waals surface area contributed by atoms with Crippen molar-refractivity contribution >= 4 is 23.5 Å². The monoisotopic (exact) mass is 392 g/mol. The highest BCUT2D eigenvalue weighted by molar-refractivity contribution is 5.90. The summed E-state index contributed by atoms with van der Waals surface area (Å²) in [5.74, 6) is -0.871. The number of benzene rings is 2. The minimum atomic E-state index is -0.584. The fourth-order valence-corrected chi connectivity index (χ4v) is 3.35. The van der Waals surface area contributed by atoms with Crippen molar-refractivity contribution in [1.82, 2.24) is 10.8 Å². The summed E-state index contributed by atoms with van der Waals surface area (Å²) in [6.45, 7) is 0.510. The number of hydroxylamine groups is 1. The normalized spacial score (nSPS) is 13.7. The van der Waals surface area contributed by atoms with Gasteiger partial charge in [0.2, 0.25) is 0 Å². The summed E-state index contributed by atoms with van der Waals surface area (Å²) >= 11 is 0. The van der Waals surface area contributed by atoms with Crippen molar-refractivity contribution in [2.75, 3.05) is 7.11 Å². The fraction of sp³-hybridized carbons (Fsp3) is 0.217. The van der Waals surface area contributed by atoms with Crippen LogP contribution >= 0.6 is 0 Å². The SMILES string of the molecule is COC(=O)[C@@H](CC1=CCc2ccccc21)NCc1ccc(/C=C/C(=O)NO)cc1. The second-order valence-electron chi connectivity index (χ2n) is 6.80. The van der Waals surface area contributed by atoms with E-state index in [0.29, 0.717) is 13.0 Å². The molecule has 0 saturated heterocycles. The Balaban J connectivity index is 1.62. The van der Waals surface area contributed by atoms with Crippen LogP contribution in [0, 0.1) is 0 Å². The molecule has 0 radical (unpaired) electrons.